The minimum absolute atomic E-state index is 0.0424. The molecule has 3 nitrogen and oxygen atoms in total. The zero-order chi connectivity index (χ0) is 18.0. The summed E-state index contributed by atoms with van der Waals surface area (Å²) in [4.78, 5) is 12.6. The van der Waals surface area contributed by atoms with E-state index in [9.17, 15) is 13.6 Å². The second kappa shape index (κ2) is 5.48. The number of ether oxygens (including phenoxy) is 2. The van der Waals surface area contributed by atoms with E-state index in [-0.39, 0.29) is 30.5 Å². The second-order valence-electron chi connectivity index (χ2n) is 6.84. The van der Waals surface area contributed by atoms with E-state index in [1.54, 1.807) is 6.92 Å². The summed E-state index contributed by atoms with van der Waals surface area (Å²) < 4.78 is 38.8. The lowest BCUT2D eigenvalue weighted by Crippen LogP contribution is -2.38. The topological polar surface area (TPSA) is 35.5 Å². The van der Waals surface area contributed by atoms with Crippen molar-refractivity contribution in [3.05, 3.63) is 76.4 Å². The van der Waals surface area contributed by atoms with Gasteiger partial charge in [-0.25, -0.2) is 13.6 Å². The van der Waals surface area contributed by atoms with E-state index in [4.69, 9.17) is 9.47 Å². The maximum absolute atomic E-state index is 13.7. The minimum Gasteiger partial charge on any atom is -0.463 e. The number of carbonyl (C=O) groups excluding carboxylic acids is 1. The summed E-state index contributed by atoms with van der Waals surface area (Å²) in [5, 5.41) is 0. The van der Waals surface area contributed by atoms with E-state index in [1.807, 2.05) is 30.3 Å². The molecule has 0 saturated carbocycles. The normalized spacial score (nSPS) is 27.8. The molecule has 0 unspecified atom stereocenters. The van der Waals surface area contributed by atoms with Crippen LogP contribution >= 0.6 is 0 Å². The number of carbonyl (C=O) groups is 1. The summed E-state index contributed by atoms with van der Waals surface area (Å²) >= 11 is 0. The Morgan fingerprint density at radius 3 is 2.27 bits per heavy atom. The van der Waals surface area contributed by atoms with Crippen LogP contribution in [0.15, 0.2) is 48.0 Å². The molecular weight excluding hydrogens is 338 g/mol. The summed E-state index contributed by atoms with van der Waals surface area (Å²) in [6, 6.07) is 12.1. The first kappa shape index (κ1) is 15.7. The van der Waals surface area contributed by atoms with Gasteiger partial charge in [-0.1, -0.05) is 30.3 Å². The van der Waals surface area contributed by atoms with E-state index >= 15 is 0 Å². The van der Waals surface area contributed by atoms with Crippen molar-refractivity contribution in [2.45, 2.75) is 19.1 Å². The Morgan fingerprint density at radius 1 is 1.04 bits per heavy atom. The molecule has 2 bridgehead atoms. The van der Waals surface area contributed by atoms with Crippen LogP contribution in [-0.2, 0) is 14.3 Å². The van der Waals surface area contributed by atoms with Gasteiger partial charge < -0.3 is 9.47 Å². The molecule has 26 heavy (non-hydrogen) atoms. The van der Waals surface area contributed by atoms with Gasteiger partial charge in [-0.2, -0.15) is 0 Å². The predicted octanol–water partition coefficient (Wildman–Crippen LogP) is 4.35. The zero-order valence-electron chi connectivity index (χ0n) is 14.0. The molecule has 2 aromatic rings. The fourth-order valence-electron chi connectivity index (χ4n) is 4.65. The summed E-state index contributed by atoms with van der Waals surface area (Å²) in [7, 11) is 0. The molecule has 5 heteroatoms. The first-order chi connectivity index (χ1) is 12.6. The van der Waals surface area contributed by atoms with Crippen molar-refractivity contribution in [2.24, 2.45) is 11.8 Å². The third-order valence-corrected chi connectivity index (χ3v) is 5.61. The van der Waals surface area contributed by atoms with Gasteiger partial charge in [0.05, 0.1) is 18.8 Å². The Labute approximate surface area is 149 Å². The van der Waals surface area contributed by atoms with Crippen LogP contribution in [0, 0.1) is 23.5 Å². The molecule has 132 valence electrons. The molecule has 1 saturated heterocycles. The Kier molecular flexibility index (Phi) is 3.31. The number of hydrogen-bond acceptors (Lipinski definition) is 3. The van der Waals surface area contributed by atoms with Crippen LogP contribution in [0.5, 0.6) is 0 Å². The quantitative estimate of drug-likeness (QED) is 0.769. The van der Waals surface area contributed by atoms with Gasteiger partial charge in [0, 0.05) is 17.4 Å². The van der Waals surface area contributed by atoms with Gasteiger partial charge in [0.1, 0.15) is 0 Å². The highest BCUT2D eigenvalue weighted by Crippen LogP contribution is 2.69. The monoisotopic (exact) mass is 354 g/mol. The van der Waals surface area contributed by atoms with Crippen LogP contribution in [-0.4, -0.2) is 12.6 Å². The summed E-state index contributed by atoms with van der Waals surface area (Å²) in [6.07, 6.45) is -0.787. The highest BCUT2D eigenvalue weighted by Gasteiger charge is 2.62. The maximum Gasteiger partial charge on any atom is 0.334 e. The molecule has 0 amide bonds. The molecular formula is C21H16F2O3. The number of esters is 1. The molecule has 0 spiro atoms. The third kappa shape index (κ3) is 1.92. The van der Waals surface area contributed by atoms with Crippen LogP contribution in [0.1, 0.15) is 35.8 Å². The third-order valence-electron chi connectivity index (χ3n) is 5.61. The smallest absolute Gasteiger partial charge is 0.334 e. The molecule has 1 fully saturated rings. The number of halogens is 2. The number of fused-ring (bicyclic) bond motifs is 8. The van der Waals surface area contributed by atoms with E-state index in [0.717, 1.165) is 11.1 Å². The highest BCUT2D eigenvalue weighted by molar-refractivity contribution is 6.03. The molecule has 2 heterocycles. The minimum atomic E-state index is -0.888. The molecule has 4 atom stereocenters. The van der Waals surface area contributed by atoms with E-state index in [0.29, 0.717) is 16.7 Å². The summed E-state index contributed by atoms with van der Waals surface area (Å²) in [6.45, 7) is 2.05. The van der Waals surface area contributed by atoms with Gasteiger partial charge in [-0.3, -0.25) is 0 Å². The van der Waals surface area contributed by atoms with Crippen molar-refractivity contribution in [3.8, 4) is 0 Å². The SMILES string of the molecule is CCOC(=O)C1=C(c2ccccc2)[C@@H]2[C@H]1[C@@H]1O[C@H]2c2cc(F)c(F)cc21. The second-order valence-corrected chi connectivity index (χ2v) is 6.84. The van der Waals surface area contributed by atoms with E-state index in [1.165, 1.54) is 12.1 Å². The van der Waals surface area contributed by atoms with E-state index in [2.05, 4.69) is 0 Å². The molecule has 3 aliphatic rings. The Balaban J connectivity index is 1.64. The van der Waals surface area contributed by atoms with Crippen molar-refractivity contribution in [2.75, 3.05) is 6.61 Å². The van der Waals surface area contributed by atoms with Crippen LogP contribution in [0.2, 0.25) is 0 Å². The van der Waals surface area contributed by atoms with Crippen molar-refractivity contribution >= 4 is 11.5 Å². The Morgan fingerprint density at radius 2 is 1.65 bits per heavy atom. The molecule has 2 aromatic carbocycles. The molecule has 0 radical (unpaired) electrons. The fourth-order valence-corrected chi connectivity index (χ4v) is 4.65. The first-order valence-corrected chi connectivity index (χ1v) is 8.72. The van der Waals surface area contributed by atoms with Crippen molar-refractivity contribution in [1.29, 1.82) is 0 Å². The van der Waals surface area contributed by atoms with Crippen molar-refractivity contribution in [1.82, 2.24) is 0 Å². The molecule has 5 rings (SSSR count). The van der Waals surface area contributed by atoms with E-state index < -0.39 is 17.7 Å². The molecule has 0 aromatic heterocycles. The maximum atomic E-state index is 13.7. The van der Waals surface area contributed by atoms with Crippen LogP contribution in [0.25, 0.3) is 5.57 Å². The van der Waals surface area contributed by atoms with Gasteiger partial charge in [-0.05, 0) is 41.3 Å². The highest BCUT2D eigenvalue weighted by atomic mass is 19.2. The van der Waals surface area contributed by atoms with Gasteiger partial charge >= 0.3 is 5.97 Å². The van der Waals surface area contributed by atoms with Crippen LogP contribution < -0.4 is 0 Å². The lowest BCUT2D eigenvalue weighted by atomic mass is 9.58. The summed E-state index contributed by atoms with van der Waals surface area (Å²) in [5.74, 6) is -2.33. The first-order valence-electron chi connectivity index (χ1n) is 8.72. The van der Waals surface area contributed by atoms with Gasteiger partial charge in [0.25, 0.3) is 0 Å². The number of rotatable bonds is 3. The predicted molar refractivity (Wildman–Crippen MR) is 89.9 cm³/mol. The van der Waals surface area contributed by atoms with Gasteiger partial charge in [0.15, 0.2) is 11.6 Å². The summed E-state index contributed by atoms with van der Waals surface area (Å²) in [5.41, 5.74) is 3.77. The molecule has 2 aliphatic heterocycles. The van der Waals surface area contributed by atoms with Gasteiger partial charge in [0.2, 0.25) is 0 Å². The standard InChI is InChI=1S/C21H16F2O3/c1-2-25-21(24)18-15(10-6-4-3-5-7-10)16-17(18)20-12-9-14(23)13(22)8-11(12)19(16)26-20/h3-9,16-17,19-20H,2H2,1H3/t16-,17-,19+,20-/m1/s1. The van der Waals surface area contributed by atoms with Crippen molar-refractivity contribution < 1.29 is 23.0 Å². The lowest BCUT2D eigenvalue weighted by Gasteiger charge is -2.42. The fraction of sp³-hybridized carbons (Fsp3) is 0.286. The number of hydrogen-bond donors (Lipinski definition) is 0. The largest absolute Gasteiger partial charge is 0.463 e. The van der Waals surface area contributed by atoms with Crippen LogP contribution in [0.3, 0.4) is 0 Å². The average Bonchev–Trinajstić information content (AvgIpc) is 3.09. The Hall–Kier alpha value is -2.53. The van der Waals surface area contributed by atoms with Crippen molar-refractivity contribution in [3.63, 3.8) is 0 Å². The Bertz CT molecular complexity index is 951. The average molecular weight is 354 g/mol. The lowest BCUT2D eigenvalue weighted by molar-refractivity contribution is -0.139. The van der Waals surface area contributed by atoms with Crippen LogP contribution in [0.4, 0.5) is 8.78 Å². The zero-order valence-corrected chi connectivity index (χ0v) is 14.0. The van der Waals surface area contributed by atoms with Gasteiger partial charge in [-0.15, -0.1) is 0 Å². The molecule has 1 aliphatic carbocycles. The molecule has 0 N–H and O–H groups in total. The number of benzene rings is 2.